The summed E-state index contributed by atoms with van der Waals surface area (Å²) in [5.41, 5.74) is -0.684. The smallest absolute Gasteiger partial charge is 0.398 e. The molecular formula is C16H12F6N2O2. The van der Waals surface area contributed by atoms with Crippen LogP contribution in [0.3, 0.4) is 0 Å². The fourth-order valence-electron chi connectivity index (χ4n) is 2.19. The average Bonchev–Trinajstić information content (AvgIpc) is 2.53. The Balaban J connectivity index is 2.30. The van der Waals surface area contributed by atoms with Gasteiger partial charge in [0.25, 0.3) is 11.5 Å². The highest BCUT2D eigenvalue weighted by atomic mass is 19.4. The summed E-state index contributed by atoms with van der Waals surface area (Å²) >= 11 is 0. The van der Waals surface area contributed by atoms with Crippen LogP contribution < -0.4 is 11.1 Å². The van der Waals surface area contributed by atoms with E-state index in [2.05, 4.69) is 5.32 Å². The van der Waals surface area contributed by atoms with Gasteiger partial charge in [0, 0.05) is 16.9 Å². The van der Waals surface area contributed by atoms with Gasteiger partial charge < -0.3 is 16.2 Å². The molecule has 0 bridgehead atoms. The minimum Gasteiger partial charge on any atom is -0.398 e. The maximum atomic E-state index is 12.8. The van der Waals surface area contributed by atoms with Gasteiger partial charge in [-0.3, -0.25) is 4.79 Å². The largest absolute Gasteiger partial charge is 0.430 e. The van der Waals surface area contributed by atoms with Crippen LogP contribution in [0.2, 0.25) is 0 Å². The van der Waals surface area contributed by atoms with Gasteiger partial charge in [0.15, 0.2) is 0 Å². The summed E-state index contributed by atoms with van der Waals surface area (Å²) in [5.74, 6) is -0.697. The van der Waals surface area contributed by atoms with Crippen LogP contribution in [0.1, 0.15) is 15.9 Å². The molecule has 0 atom stereocenters. The van der Waals surface area contributed by atoms with E-state index in [-0.39, 0.29) is 16.9 Å². The molecule has 0 heterocycles. The second kappa shape index (κ2) is 6.52. The van der Waals surface area contributed by atoms with Crippen LogP contribution in [-0.4, -0.2) is 23.4 Å². The first-order valence-corrected chi connectivity index (χ1v) is 7.00. The van der Waals surface area contributed by atoms with Crippen molar-refractivity contribution in [3.8, 4) is 0 Å². The second-order valence-corrected chi connectivity index (χ2v) is 5.32. The lowest BCUT2D eigenvalue weighted by Gasteiger charge is -2.32. The van der Waals surface area contributed by atoms with Crippen molar-refractivity contribution in [2.75, 3.05) is 11.1 Å². The van der Waals surface area contributed by atoms with E-state index in [9.17, 15) is 36.2 Å². The standard InChI is InChI=1S/C16H12F6N2O2/c17-15(18,19)14(26,16(20,21)22)9-5-7-10(8-6-9)24-13(25)11-3-1-2-4-12(11)23/h1-8,26H,23H2,(H,24,25). The lowest BCUT2D eigenvalue weighted by Crippen LogP contribution is -2.53. The monoisotopic (exact) mass is 378 g/mol. The second-order valence-electron chi connectivity index (χ2n) is 5.32. The normalized spacial score (nSPS) is 12.7. The molecule has 0 fully saturated rings. The van der Waals surface area contributed by atoms with E-state index in [4.69, 9.17) is 5.73 Å². The first kappa shape index (κ1) is 19.6. The van der Waals surface area contributed by atoms with Gasteiger partial charge in [-0.2, -0.15) is 26.3 Å². The molecular weight excluding hydrogens is 366 g/mol. The maximum absolute atomic E-state index is 12.8. The summed E-state index contributed by atoms with van der Waals surface area (Å²) < 4.78 is 76.9. The molecule has 0 aliphatic rings. The van der Waals surface area contributed by atoms with Crippen LogP contribution in [0.15, 0.2) is 48.5 Å². The molecule has 0 spiro atoms. The molecule has 0 saturated heterocycles. The fraction of sp³-hybridized carbons (Fsp3) is 0.188. The van der Waals surface area contributed by atoms with E-state index in [0.29, 0.717) is 12.1 Å². The predicted octanol–water partition coefficient (Wildman–Crippen LogP) is 3.83. The van der Waals surface area contributed by atoms with Crippen LogP contribution in [0.25, 0.3) is 0 Å². The zero-order valence-corrected chi connectivity index (χ0v) is 12.8. The quantitative estimate of drug-likeness (QED) is 0.561. The molecule has 2 aromatic rings. The molecule has 0 radical (unpaired) electrons. The van der Waals surface area contributed by atoms with Crippen molar-refractivity contribution in [2.45, 2.75) is 18.0 Å². The van der Waals surface area contributed by atoms with Gasteiger partial charge in [0.05, 0.1) is 5.56 Å². The zero-order valence-electron chi connectivity index (χ0n) is 12.8. The SMILES string of the molecule is Nc1ccccc1C(=O)Nc1ccc(C(O)(C(F)(F)F)C(F)(F)F)cc1. The number of anilines is 2. The highest BCUT2D eigenvalue weighted by Gasteiger charge is 2.71. The molecule has 140 valence electrons. The number of carbonyl (C=O) groups is 1. The molecule has 0 aliphatic heterocycles. The van der Waals surface area contributed by atoms with Crippen LogP contribution in [0.4, 0.5) is 37.7 Å². The van der Waals surface area contributed by atoms with Gasteiger partial charge in [0.2, 0.25) is 0 Å². The Morgan fingerprint density at radius 2 is 1.38 bits per heavy atom. The van der Waals surface area contributed by atoms with Gasteiger partial charge in [-0.15, -0.1) is 0 Å². The van der Waals surface area contributed by atoms with Crippen molar-refractivity contribution in [3.63, 3.8) is 0 Å². The third-order valence-corrected chi connectivity index (χ3v) is 3.59. The van der Waals surface area contributed by atoms with Gasteiger partial charge in [-0.05, 0) is 24.3 Å². The molecule has 4 nitrogen and oxygen atoms in total. The number of hydrogen-bond acceptors (Lipinski definition) is 3. The first-order chi connectivity index (χ1) is 11.9. The average molecular weight is 378 g/mol. The Bertz CT molecular complexity index is 786. The lowest BCUT2D eigenvalue weighted by molar-refractivity contribution is -0.376. The van der Waals surface area contributed by atoms with Crippen molar-refractivity contribution < 1.29 is 36.2 Å². The molecule has 0 aliphatic carbocycles. The minimum atomic E-state index is -5.98. The van der Waals surface area contributed by atoms with Crippen molar-refractivity contribution in [3.05, 3.63) is 59.7 Å². The summed E-state index contributed by atoms with van der Waals surface area (Å²) in [6.07, 6.45) is -12.0. The van der Waals surface area contributed by atoms with E-state index in [1.54, 1.807) is 6.07 Å². The number of nitrogen functional groups attached to an aromatic ring is 1. The Morgan fingerprint density at radius 1 is 0.885 bits per heavy atom. The number of rotatable bonds is 3. The fourth-order valence-corrected chi connectivity index (χ4v) is 2.19. The number of nitrogens with two attached hydrogens (primary N) is 1. The molecule has 0 unspecified atom stereocenters. The molecule has 0 aromatic heterocycles. The highest BCUT2D eigenvalue weighted by Crippen LogP contribution is 2.50. The van der Waals surface area contributed by atoms with E-state index >= 15 is 0 Å². The Hall–Kier alpha value is -2.75. The Labute approximate surface area is 143 Å². The third kappa shape index (κ3) is 3.45. The summed E-state index contributed by atoms with van der Waals surface area (Å²) in [4.78, 5) is 12.0. The molecule has 2 aromatic carbocycles. The maximum Gasteiger partial charge on any atom is 0.430 e. The first-order valence-electron chi connectivity index (χ1n) is 7.00. The lowest BCUT2D eigenvalue weighted by atomic mass is 9.92. The van der Waals surface area contributed by atoms with Crippen molar-refractivity contribution >= 4 is 17.3 Å². The number of nitrogens with one attached hydrogen (secondary N) is 1. The van der Waals surface area contributed by atoms with Crippen LogP contribution in [0, 0.1) is 0 Å². The summed E-state index contributed by atoms with van der Waals surface area (Å²) in [6.45, 7) is 0. The van der Waals surface area contributed by atoms with Gasteiger partial charge in [0.1, 0.15) is 0 Å². The predicted molar refractivity (Wildman–Crippen MR) is 81.3 cm³/mol. The van der Waals surface area contributed by atoms with Gasteiger partial charge >= 0.3 is 12.4 Å². The number of hydrogen-bond donors (Lipinski definition) is 3. The van der Waals surface area contributed by atoms with Crippen LogP contribution >= 0.6 is 0 Å². The van der Waals surface area contributed by atoms with Gasteiger partial charge in [-0.25, -0.2) is 0 Å². The van der Waals surface area contributed by atoms with E-state index < -0.39 is 29.4 Å². The number of halogens is 6. The molecule has 26 heavy (non-hydrogen) atoms. The number of carbonyl (C=O) groups excluding carboxylic acids is 1. The molecule has 10 heteroatoms. The number of para-hydroxylation sites is 1. The summed E-state index contributed by atoms with van der Waals surface area (Å²) in [7, 11) is 0. The van der Waals surface area contributed by atoms with E-state index in [0.717, 1.165) is 12.1 Å². The number of aliphatic hydroxyl groups is 1. The Kier molecular flexibility index (Phi) is 4.91. The highest BCUT2D eigenvalue weighted by molar-refractivity contribution is 6.07. The number of amides is 1. The zero-order chi connectivity index (χ0) is 19.8. The van der Waals surface area contributed by atoms with Gasteiger partial charge in [-0.1, -0.05) is 24.3 Å². The minimum absolute atomic E-state index is 0.0753. The van der Waals surface area contributed by atoms with Crippen molar-refractivity contribution in [2.24, 2.45) is 0 Å². The van der Waals surface area contributed by atoms with E-state index in [1.165, 1.54) is 18.2 Å². The molecule has 0 saturated carbocycles. The Morgan fingerprint density at radius 3 is 1.85 bits per heavy atom. The number of alkyl halides is 6. The third-order valence-electron chi connectivity index (χ3n) is 3.59. The molecule has 4 N–H and O–H groups in total. The molecule has 1 amide bonds. The molecule has 2 rings (SSSR count). The van der Waals surface area contributed by atoms with E-state index in [1.807, 2.05) is 0 Å². The number of benzene rings is 2. The van der Waals surface area contributed by atoms with Crippen molar-refractivity contribution in [1.82, 2.24) is 0 Å². The topological polar surface area (TPSA) is 75.4 Å². The van der Waals surface area contributed by atoms with Crippen LogP contribution in [-0.2, 0) is 5.60 Å². The van der Waals surface area contributed by atoms with Crippen molar-refractivity contribution in [1.29, 1.82) is 0 Å². The van der Waals surface area contributed by atoms with Crippen LogP contribution in [0.5, 0.6) is 0 Å². The summed E-state index contributed by atoms with van der Waals surface area (Å²) in [6, 6.07) is 8.45. The summed E-state index contributed by atoms with van der Waals surface area (Å²) in [5, 5.41) is 11.6.